The van der Waals surface area contributed by atoms with Crippen molar-refractivity contribution < 1.29 is 42.0 Å². The molecule has 8 N–H and O–H groups in total. The van der Waals surface area contributed by atoms with Gasteiger partial charge in [0.05, 0.1) is 41.5 Å². The number of nitrogens with two attached hydrogens (primary N) is 3. The maximum absolute atomic E-state index is 12.9. The summed E-state index contributed by atoms with van der Waals surface area (Å²) in [7, 11) is 0. The van der Waals surface area contributed by atoms with E-state index in [1.165, 1.54) is 6.07 Å². The molecule has 4 aromatic rings. The van der Waals surface area contributed by atoms with Gasteiger partial charge in [0.25, 0.3) is 17.7 Å². The van der Waals surface area contributed by atoms with Crippen LogP contribution in [-0.2, 0) is 26.8 Å². The van der Waals surface area contributed by atoms with Crippen molar-refractivity contribution in [2.24, 2.45) is 25.4 Å². The highest BCUT2D eigenvalue weighted by Gasteiger charge is 2.23. The van der Waals surface area contributed by atoms with Crippen molar-refractivity contribution in [2.45, 2.75) is 66.2 Å². The predicted octanol–water partition coefficient (Wildman–Crippen LogP) is 4.74. The summed E-state index contributed by atoms with van der Waals surface area (Å²) >= 11 is 0. The standard InChI is InChI=1S/C18H24N4O3.C10H12O3.C8H14N4O/c1-4-8-13-15(16(17(19)23)22(3)21-13)20-18(24)12-9-6-7-10-14(12)25-11-5-2;1-2-7-13-9-6-4-3-5-8(9)10(11)12;1-3-4-5-6(9)7(8(10)13)12(2)11-5/h6-7,9-10H,4-5,8,11H2,1-3H3,(H2,19,23)(H,20,24);3-6H,2,7H2,1H3,(H,11,12);3-4,9H2,1-2H3,(H2,10,13)/i3D3;;2D3. The second-order valence-corrected chi connectivity index (χ2v) is 10.9. The molecule has 2 aromatic carbocycles. The first-order valence-corrected chi connectivity index (χ1v) is 16.3. The third kappa shape index (κ3) is 11.6. The molecule has 3 amide bonds. The third-order valence-corrected chi connectivity index (χ3v) is 6.81. The summed E-state index contributed by atoms with van der Waals surface area (Å²) in [4.78, 5) is 46.7. The molecule has 276 valence electrons. The lowest BCUT2D eigenvalue weighted by atomic mass is 10.1. The number of benzene rings is 2. The zero-order valence-corrected chi connectivity index (χ0v) is 29.2. The number of nitrogens with one attached hydrogen (secondary N) is 1. The molecule has 0 fully saturated rings. The molecule has 0 spiro atoms. The van der Waals surface area contributed by atoms with Crippen LogP contribution in [0.1, 0.15) is 115 Å². The van der Waals surface area contributed by atoms with Gasteiger partial charge in [-0.2, -0.15) is 10.2 Å². The van der Waals surface area contributed by atoms with Gasteiger partial charge in [-0.15, -0.1) is 0 Å². The number of aromatic nitrogens is 4. The van der Waals surface area contributed by atoms with Gasteiger partial charge in [0, 0.05) is 22.2 Å². The van der Waals surface area contributed by atoms with Crippen LogP contribution in [0, 0.1) is 0 Å². The lowest BCUT2D eigenvalue weighted by Gasteiger charge is -2.12. The van der Waals surface area contributed by atoms with Crippen molar-refractivity contribution in [3.63, 3.8) is 0 Å². The highest BCUT2D eigenvalue weighted by molar-refractivity contribution is 6.10. The van der Waals surface area contributed by atoms with Crippen LogP contribution in [0.15, 0.2) is 48.5 Å². The summed E-state index contributed by atoms with van der Waals surface area (Å²) in [6.45, 7) is 3.42. The fourth-order valence-electron chi connectivity index (χ4n) is 4.52. The molecule has 15 heteroatoms. The van der Waals surface area contributed by atoms with Gasteiger partial charge < -0.3 is 37.1 Å². The van der Waals surface area contributed by atoms with E-state index in [0.717, 1.165) is 19.3 Å². The number of hydrogen-bond acceptors (Lipinski definition) is 9. The fraction of sp³-hybridized carbons (Fsp3) is 0.389. The Labute approximate surface area is 306 Å². The van der Waals surface area contributed by atoms with Gasteiger partial charge in [0.15, 0.2) is 0 Å². The molecular weight excluding hydrogens is 656 g/mol. The average molecular weight is 713 g/mol. The number of ether oxygens (including phenoxy) is 2. The van der Waals surface area contributed by atoms with Gasteiger partial charge in [0.2, 0.25) is 0 Å². The van der Waals surface area contributed by atoms with Crippen LogP contribution >= 0.6 is 0 Å². The average Bonchev–Trinajstić information content (AvgIpc) is 3.68. The van der Waals surface area contributed by atoms with E-state index in [4.69, 9.17) is 40.0 Å². The molecule has 2 heterocycles. The maximum atomic E-state index is 12.9. The van der Waals surface area contributed by atoms with Crippen LogP contribution in [0.3, 0.4) is 0 Å². The van der Waals surface area contributed by atoms with Crippen LogP contribution in [0.2, 0.25) is 0 Å². The number of nitrogen functional groups attached to an aromatic ring is 1. The quantitative estimate of drug-likeness (QED) is 0.114. The Morgan fingerprint density at radius 2 is 1.22 bits per heavy atom. The fourth-order valence-corrected chi connectivity index (χ4v) is 4.52. The number of anilines is 2. The monoisotopic (exact) mass is 712 g/mol. The summed E-state index contributed by atoms with van der Waals surface area (Å²) in [6.07, 6.45) is 3.90. The number of carboxylic acid groups (broad SMARTS) is 1. The largest absolute Gasteiger partial charge is 0.493 e. The zero-order valence-electron chi connectivity index (χ0n) is 35.2. The Morgan fingerprint density at radius 1 is 0.745 bits per heavy atom. The van der Waals surface area contributed by atoms with Crippen LogP contribution in [-0.4, -0.2) is 61.6 Å². The number of hydrogen-bond donors (Lipinski definition) is 5. The molecule has 15 nitrogen and oxygen atoms in total. The first-order chi connectivity index (χ1) is 26.7. The number of primary amides is 2. The molecule has 0 saturated heterocycles. The molecule has 0 aliphatic heterocycles. The maximum Gasteiger partial charge on any atom is 0.339 e. The number of carbonyl (C=O) groups is 4. The van der Waals surface area contributed by atoms with Crippen LogP contribution < -0.4 is 32.0 Å². The number of aryl methyl sites for hydroxylation is 4. The van der Waals surface area contributed by atoms with E-state index in [2.05, 4.69) is 15.5 Å². The van der Waals surface area contributed by atoms with Crippen molar-refractivity contribution in [3.05, 3.63) is 82.4 Å². The van der Waals surface area contributed by atoms with Gasteiger partial charge in [-0.1, -0.05) is 64.8 Å². The minimum Gasteiger partial charge on any atom is -0.493 e. The summed E-state index contributed by atoms with van der Waals surface area (Å²) in [5, 5.41) is 19.2. The van der Waals surface area contributed by atoms with Gasteiger partial charge in [-0.3, -0.25) is 23.7 Å². The first-order valence-electron chi connectivity index (χ1n) is 19.3. The molecule has 2 aromatic heterocycles. The van der Waals surface area contributed by atoms with E-state index in [1.54, 1.807) is 42.5 Å². The summed E-state index contributed by atoms with van der Waals surface area (Å²) < 4.78 is 56.5. The minimum absolute atomic E-state index is 0.0146. The molecule has 0 aliphatic rings. The van der Waals surface area contributed by atoms with Gasteiger partial charge in [-0.25, -0.2) is 4.79 Å². The van der Waals surface area contributed by atoms with Crippen molar-refractivity contribution in [3.8, 4) is 11.5 Å². The predicted molar refractivity (Wildman–Crippen MR) is 195 cm³/mol. The number of amides is 3. The number of para-hydroxylation sites is 2. The molecule has 0 unspecified atom stereocenters. The van der Waals surface area contributed by atoms with E-state index in [0.29, 0.717) is 59.0 Å². The van der Waals surface area contributed by atoms with Crippen LogP contribution in [0.5, 0.6) is 11.5 Å². The summed E-state index contributed by atoms with van der Waals surface area (Å²) in [5.74, 6) is -2.54. The number of carbonyl (C=O) groups excluding carboxylic acids is 3. The Hall–Kier alpha value is -5.86. The number of aromatic carboxylic acids is 1. The SMILES string of the molecule is CCCOc1ccccc1C(=O)O.[2H]C([2H])([2H])n1nc(CCC)c(N)c1C(N)=O.[2H]C([2H])([2H])n1nc(CCC)c(NC(=O)c2ccccc2OCCC)c1C(N)=O. The second kappa shape index (κ2) is 20.6. The zero-order chi connectivity index (χ0) is 43.1. The van der Waals surface area contributed by atoms with Crippen molar-refractivity contribution in [1.29, 1.82) is 0 Å². The smallest absolute Gasteiger partial charge is 0.339 e. The second-order valence-electron chi connectivity index (χ2n) is 10.9. The highest BCUT2D eigenvalue weighted by atomic mass is 16.5. The molecule has 0 saturated carbocycles. The van der Waals surface area contributed by atoms with E-state index < -0.39 is 37.6 Å². The van der Waals surface area contributed by atoms with Crippen molar-refractivity contribution in [1.82, 2.24) is 19.6 Å². The van der Waals surface area contributed by atoms with Crippen molar-refractivity contribution >= 4 is 35.1 Å². The molecule has 0 aliphatic carbocycles. The Balaban J connectivity index is 0.000000326. The van der Waals surface area contributed by atoms with E-state index in [-0.39, 0.29) is 39.6 Å². The highest BCUT2D eigenvalue weighted by Crippen LogP contribution is 2.25. The minimum atomic E-state index is -2.71. The molecule has 4 rings (SSSR count). The van der Waals surface area contributed by atoms with E-state index >= 15 is 0 Å². The lowest BCUT2D eigenvalue weighted by Crippen LogP contribution is -2.21. The summed E-state index contributed by atoms with van der Waals surface area (Å²) in [5.41, 5.74) is 16.8. The van der Waals surface area contributed by atoms with Crippen molar-refractivity contribution in [2.75, 3.05) is 24.3 Å². The number of carboxylic acids is 1. The number of rotatable bonds is 15. The topological polar surface area (TPSA) is 233 Å². The molecule has 51 heavy (non-hydrogen) atoms. The lowest BCUT2D eigenvalue weighted by molar-refractivity contribution is 0.0691. The molecule has 0 atom stereocenters. The normalized spacial score (nSPS) is 12.5. The third-order valence-electron chi connectivity index (χ3n) is 6.81. The first kappa shape index (κ1) is 32.4. The molecule has 0 bridgehead atoms. The molecular formula is C36H50N8O7. The van der Waals surface area contributed by atoms with Gasteiger partial charge >= 0.3 is 5.97 Å². The summed E-state index contributed by atoms with van der Waals surface area (Å²) in [6, 6.07) is 13.3. The van der Waals surface area contributed by atoms with Gasteiger partial charge in [-0.05, 0) is 49.9 Å². The Bertz CT molecular complexity index is 1990. The molecule has 0 radical (unpaired) electrons. The van der Waals surface area contributed by atoms with Gasteiger partial charge in [0.1, 0.15) is 28.5 Å². The van der Waals surface area contributed by atoms with Crippen LogP contribution in [0.25, 0.3) is 0 Å². The van der Waals surface area contributed by atoms with E-state index in [1.807, 2.05) is 27.7 Å². The number of nitrogens with zero attached hydrogens (tertiary/aromatic N) is 4. The van der Waals surface area contributed by atoms with E-state index in [9.17, 15) is 19.2 Å². The van der Waals surface area contributed by atoms with Crippen LogP contribution in [0.4, 0.5) is 11.4 Å². The Kier molecular flexibility index (Phi) is 13.1. The Morgan fingerprint density at radius 3 is 1.69 bits per heavy atom.